The summed E-state index contributed by atoms with van der Waals surface area (Å²) >= 11 is 0. The summed E-state index contributed by atoms with van der Waals surface area (Å²) in [7, 11) is 0. The highest BCUT2D eigenvalue weighted by Crippen LogP contribution is 2.25. The van der Waals surface area contributed by atoms with Gasteiger partial charge in [0, 0.05) is 12.2 Å². The SMILES string of the molecule is Cc1cc(C(O)C(O)CCNC(=O)OC(C)(C)C)cc(C)c1N. The van der Waals surface area contributed by atoms with Crippen LogP contribution in [0.4, 0.5) is 10.5 Å². The van der Waals surface area contributed by atoms with Crippen molar-refractivity contribution in [2.45, 2.75) is 58.8 Å². The topological polar surface area (TPSA) is 105 Å². The van der Waals surface area contributed by atoms with Crippen molar-refractivity contribution in [3.63, 3.8) is 0 Å². The molecule has 23 heavy (non-hydrogen) atoms. The standard InChI is InChI=1S/C17H28N2O4/c1-10-8-12(9-11(2)14(10)18)15(21)13(20)6-7-19-16(22)23-17(3,4)5/h8-9,13,15,20-21H,6-7,18H2,1-5H3,(H,19,22). The monoisotopic (exact) mass is 324 g/mol. The molecule has 2 unspecified atom stereocenters. The van der Waals surface area contributed by atoms with Crippen molar-refractivity contribution in [2.75, 3.05) is 12.3 Å². The van der Waals surface area contributed by atoms with Gasteiger partial charge in [0.25, 0.3) is 0 Å². The fourth-order valence-corrected chi connectivity index (χ4v) is 2.20. The predicted molar refractivity (Wildman–Crippen MR) is 90.1 cm³/mol. The fraction of sp³-hybridized carbons (Fsp3) is 0.588. The van der Waals surface area contributed by atoms with E-state index in [9.17, 15) is 15.0 Å². The Morgan fingerprint density at radius 1 is 1.26 bits per heavy atom. The first-order valence-electron chi connectivity index (χ1n) is 7.71. The van der Waals surface area contributed by atoms with Crippen LogP contribution in [0.1, 0.15) is 50.0 Å². The number of aliphatic hydroxyl groups excluding tert-OH is 2. The number of ether oxygens (including phenoxy) is 1. The molecule has 0 bridgehead atoms. The molecule has 0 heterocycles. The third-order valence-electron chi connectivity index (χ3n) is 3.43. The van der Waals surface area contributed by atoms with Gasteiger partial charge in [0.2, 0.25) is 0 Å². The fourth-order valence-electron chi connectivity index (χ4n) is 2.20. The van der Waals surface area contributed by atoms with Gasteiger partial charge in [0.15, 0.2) is 0 Å². The zero-order chi connectivity index (χ0) is 17.8. The summed E-state index contributed by atoms with van der Waals surface area (Å²) in [6, 6.07) is 3.52. The smallest absolute Gasteiger partial charge is 0.407 e. The first-order valence-corrected chi connectivity index (χ1v) is 7.71. The molecule has 0 spiro atoms. The van der Waals surface area contributed by atoms with Crippen molar-refractivity contribution in [2.24, 2.45) is 0 Å². The molecule has 0 aromatic heterocycles. The van der Waals surface area contributed by atoms with Gasteiger partial charge in [-0.15, -0.1) is 0 Å². The lowest BCUT2D eigenvalue weighted by Gasteiger charge is -2.22. The van der Waals surface area contributed by atoms with E-state index in [0.29, 0.717) is 11.3 Å². The van der Waals surface area contributed by atoms with Crippen LogP contribution in [-0.2, 0) is 4.74 Å². The Bertz CT molecular complexity index is 529. The molecule has 6 heteroatoms. The quantitative estimate of drug-likeness (QED) is 0.622. The number of nitrogens with two attached hydrogens (primary N) is 1. The molecule has 0 fully saturated rings. The molecule has 1 aromatic carbocycles. The number of hydrogen-bond donors (Lipinski definition) is 4. The van der Waals surface area contributed by atoms with E-state index in [1.165, 1.54) is 0 Å². The predicted octanol–water partition coefficient (Wildman–Crippen LogP) is 2.19. The second-order valence-electron chi connectivity index (χ2n) is 6.80. The highest BCUT2D eigenvalue weighted by Gasteiger charge is 2.21. The average Bonchev–Trinajstić information content (AvgIpc) is 2.41. The van der Waals surface area contributed by atoms with Crippen molar-refractivity contribution >= 4 is 11.8 Å². The van der Waals surface area contributed by atoms with Crippen LogP contribution in [0.2, 0.25) is 0 Å². The summed E-state index contributed by atoms with van der Waals surface area (Å²) in [4.78, 5) is 11.5. The molecule has 0 aliphatic rings. The molecule has 130 valence electrons. The highest BCUT2D eigenvalue weighted by atomic mass is 16.6. The van der Waals surface area contributed by atoms with E-state index in [4.69, 9.17) is 10.5 Å². The van der Waals surface area contributed by atoms with E-state index in [0.717, 1.165) is 11.1 Å². The van der Waals surface area contributed by atoms with Crippen LogP contribution in [-0.4, -0.2) is 34.6 Å². The molecule has 0 aliphatic carbocycles. The van der Waals surface area contributed by atoms with E-state index < -0.39 is 23.9 Å². The third kappa shape index (κ3) is 6.08. The van der Waals surface area contributed by atoms with Crippen LogP contribution >= 0.6 is 0 Å². The first-order chi connectivity index (χ1) is 10.5. The second kappa shape index (κ2) is 7.66. The van der Waals surface area contributed by atoms with Crippen LogP contribution in [0.15, 0.2) is 12.1 Å². The van der Waals surface area contributed by atoms with E-state index in [1.54, 1.807) is 32.9 Å². The molecule has 1 aromatic rings. The Kier molecular flexibility index (Phi) is 6.41. The van der Waals surface area contributed by atoms with Crippen LogP contribution in [0.3, 0.4) is 0 Å². The van der Waals surface area contributed by atoms with Gasteiger partial charge in [-0.3, -0.25) is 0 Å². The maximum Gasteiger partial charge on any atom is 0.407 e. The lowest BCUT2D eigenvalue weighted by atomic mass is 9.97. The number of aliphatic hydroxyl groups is 2. The molecular formula is C17H28N2O4. The number of nitrogen functional groups attached to an aromatic ring is 1. The first kappa shape index (κ1) is 19.3. The molecule has 0 saturated carbocycles. The highest BCUT2D eigenvalue weighted by molar-refractivity contribution is 5.67. The van der Waals surface area contributed by atoms with Gasteiger partial charge >= 0.3 is 6.09 Å². The summed E-state index contributed by atoms with van der Waals surface area (Å²) < 4.78 is 5.10. The number of hydrogen-bond acceptors (Lipinski definition) is 5. The molecule has 0 saturated heterocycles. The van der Waals surface area contributed by atoms with Crippen LogP contribution < -0.4 is 11.1 Å². The Hall–Kier alpha value is -1.79. The molecule has 2 atom stereocenters. The van der Waals surface area contributed by atoms with Crippen molar-refractivity contribution in [3.8, 4) is 0 Å². The number of nitrogens with one attached hydrogen (secondary N) is 1. The van der Waals surface area contributed by atoms with Crippen LogP contribution in [0, 0.1) is 13.8 Å². The van der Waals surface area contributed by atoms with Gasteiger partial charge in [0.05, 0.1) is 6.10 Å². The molecule has 5 N–H and O–H groups in total. The molecule has 6 nitrogen and oxygen atoms in total. The zero-order valence-electron chi connectivity index (χ0n) is 14.5. The number of aryl methyl sites for hydroxylation is 2. The van der Waals surface area contributed by atoms with Crippen molar-refractivity contribution in [1.29, 1.82) is 0 Å². The molecule has 0 radical (unpaired) electrons. The lowest BCUT2D eigenvalue weighted by Crippen LogP contribution is -2.34. The number of carbonyl (C=O) groups excluding carboxylic acids is 1. The lowest BCUT2D eigenvalue weighted by molar-refractivity contribution is 0.0122. The Labute approximate surface area is 137 Å². The average molecular weight is 324 g/mol. The number of carbonyl (C=O) groups is 1. The minimum atomic E-state index is -1.03. The van der Waals surface area contributed by atoms with Gasteiger partial charge in [0.1, 0.15) is 11.7 Å². The van der Waals surface area contributed by atoms with Gasteiger partial charge in [-0.2, -0.15) is 0 Å². The van der Waals surface area contributed by atoms with E-state index >= 15 is 0 Å². The van der Waals surface area contributed by atoms with Crippen molar-refractivity contribution < 1.29 is 19.7 Å². The maximum atomic E-state index is 11.5. The van der Waals surface area contributed by atoms with E-state index in [1.807, 2.05) is 13.8 Å². The Morgan fingerprint density at radius 3 is 2.26 bits per heavy atom. The number of rotatable bonds is 5. The van der Waals surface area contributed by atoms with Gasteiger partial charge in [-0.25, -0.2) is 4.79 Å². The number of alkyl carbamates (subject to hydrolysis) is 1. The normalized spacial score (nSPS) is 14.2. The Morgan fingerprint density at radius 2 is 1.78 bits per heavy atom. The van der Waals surface area contributed by atoms with Gasteiger partial charge in [-0.1, -0.05) is 12.1 Å². The second-order valence-corrected chi connectivity index (χ2v) is 6.80. The molecule has 1 rings (SSSR count). The Balaban J connectivity index is 2.55. The summed E-state index contributed by atoms with van der Waals surface area (Å²) in [5, 5.41) is 22.9. The molecule has 0 aliphatic heterocycles. The minimum Gasteiger partial charge on any atom is -0.444 e. The summed E-state index contributed by atoms with van der Waals surface area (Å²) in [6.07, 6.45) is -2.36. The van der Waals surface area contributed by atoms with Crippen molar-refractivity contribution in [1.82, 2.24) is 5.32 Å². The molecule has 1 amide bonds. The summed E-state index contributed by atoms with van der Waals surface area (Å²) in [5.41, 5.74) is 8.33. The van der Waals surface area contributed by atoms with Crippen LogP contribution in [0.25, 0.3) is 0 Å². The van der Waals surface area contributed by atoms with Gasteiger partial charge < -0.3 is 26.0 Å². The van der Waals surface area contributed by atoms with E-state index in [-0.39, 0.29) is 13.0 Å². The largest absolute Gasteiger partial charge is 0.444 e. The van der Waals surface area contributed by atoms with Crippen LogP contribution in [0.5, 0.6) is 0 Å². The summed E-state index contributed by atoms with van der Waals surface area (Å²) in [6.45, 7) is 9.24. The van der Waals surface area contributed by atoms with E-state index in [2.05, 4.69) is 5.32 Å². The molecular weight excluding hydrogens is 296 g/mol. The number of benzene rings is 1. The van der Waals surface area contributed by atoms with Gasteiger partial charge in [-0.05, 0) is 57.7 Å². The van der Waals surface area contributed by atoms with Crippen molar-refractivity contribution in [3.05, 3.63) is 28.8 Å². The number of anilines is 1. The minimum absolute atomic E-state index is 0.208. The number of amides is 1. The third-order valence-corrected chi connectivity index (χ3v) is 3.43. The zero-order valence-corrected chi connectivity index (χ0v) is 14.5. The maximum absolute atomic E-state index is 11.5. The summed E-state index contributed by atoms with van der Waals surface area (Å²) in [5.74, 6) is 0.